The molecule has 2 heterocycles. The normalized spacial score (nSPS) is 14.6. The number of aromatic hydroxyl groups is 1. The molecule has 1 saturated heterocycles. The van der Waals surface area contributed by atoms with Gasteiger partial charge < -0.3 is 14.9 Å². The van der Waals surface area contributed by atoms with Crippen LogP contribution in [-0.2, 0) is 0 Å². The Morgan fingerprint density at radius 2 is 1.44 bits per heavy atom. The summed E-state index contributed by atoms with van der Waals surface area (Å²) in [5, 5.41) is 9.96. The molecule has 0 atom stereocenters. The van der Waals surface area contributed by atoms with E-state index >= 15 is 0 Å². The Morgan fingerprint density at radius 3 is 2.16 bits per heavy atom. The van der Waals surface area contributed by atoms with Gasteiger partial charge in [-0.3, -0.25) is 4.98 Å². The molecule has 0 bridgehead atoms. The standard InChI is InChI=1S/C21H21N3O/c25-19-6-7-21(20(16-19)17-4-2-1-3-5-17)24-14-12-23(13-15-24)18-8-10-22-11-9-18/h1-11,16,25H,12-15H2. The molecule has 1 aliphatic heterocycles. The van der Waals surface area contributed by atoms with Crippen LogP contribution in [0.25, 0.3) is 11.1 Å². The zero-order chi connectivity index (χ0) is 17.1. The van der Waals surface area contributed by atoms with E-state index in [-0.39, 0.29) is 0 Å². The SMILES string of the molecule is Oc1ccc(N2CCN(c3ccncc3)CC2)c(-c2ccccc2)c1. The van der Waals surface area contributed by atoms with Gasteiger partial charge in [0.2, 0.25) is 0 Å². The Hall–Kier alpha value is -3.01. The van der Waals surface area contributed by atoms with Crippen molar-refractivity contribution in [3.05, 3.63) is 73.1 Å². The van der Waals surface area contributed by atoms with Gasteiger partial charge in [0.05, 0.1) is 0 Å². The van der Waals surface area contributed by atoms with Crippen LogP contribution in [0, 0.1) is 0 Å². The van der Waals surface area contributed by atoms with Crippen molar-refractivity contribution in [2.24, 2.45) is 0 Å². The van der Waals surface area contributed by atoms with Crippen LogP contribution >= 0.6 is 0 Å². The molecular formula is C21H21N3O. The lowest BCUT2D eigenvalue weighted by atomic mass is 10.0. The lowest BCUT2D eigenvalue weighted by Gasteiger charge is -2.38. The second kappa shape index (κ2) is 6.85. The molecular weight excluding hydrogens is 310 g/mol. The van der Waals surface area contributed by atoms with Crippen molar-refractivity contribution < 1.29 is 5.11 Å². The van der Waals surface area contributed by atoms with Crippen LogP contribution in [-0.4, -0.2) is 36.3 Å². The molecule has 1 fully saturated rings. The van der Waals surface area contributed by atoms with E-state index < -0.39 is 0 Å². The van der Waals surface area contributed by atoms with Crippen molar-refractivity contribution in [3.63, 3.8) is 0 Å². The van der Waals surface area contributed by atoms with E-state index in [1.165, 1.54) is 11.4 Å². The first kappa shape index (κ1) is 15.5. The summed E-state index contributed by atoms with van der Waals surface area (Å²) in [6, 6.07) is 20.0. The molecule has 1 aliphatic rings. The summed E-state index contributed by atoms with van der Waals surface area (Å²) < 4.78 is 0. The minimum atomic E-state index is 0.304. The minimum Gasteiger partial charge on any atom is -0.508 e. The van der Waals surface area contributed by atoms with E-state index in [9.17, 15) is 5.11 Å². The molecule has 4 nitrogen and oxygen atoms in total. The molecule has 126 valence electrons. The van der Waals surface area contributed by atoms with Gasteiger partial charge in [0.25, 0.3) is 0 Å². The summed E-state index contributed by atoms with van der Waals surface area (Å²) in [6.45, 7) is 3.85. The van der Waals surface area contributed by atoms with Gasteiger partial charge in [0.15, 0.2) is 0 Å². The second-order valence-corrected chi connectivity index (χ2v) is 6.25. The van der Waals surface area contributed by atoms with Crippen LogP contribution in [0.4, 0.5) is 11.4 Å². The maximum Gasteiger partial charge on any atom is 0.116 e. The molecule has 2 aromatic carbocycles. The maximum atomic E-state index is 9.96. The summed E-state index contributed by atoms with van der Waals surface area (Å²) in [7, 11) is 0. The number of phenolic OH excluding ortho intramolecular Hbond substituents is 1. The molecule has 4 rings (SSSR count). The van der Waals surface area contributed by atoms with E-state index in [0.717, 1.165) is 37.3 Å². The predicted molar refractivity (Wildman–Crippen MR) is 102 cm³/mol. The van der Waals surface area contributed by atoms with Gasteiger partial charge in [-0.1, -0.05) is 30.3 Å². The van der Waals surface area contributed by atoms with Gasteiger partial charge in [0.1, 0.15) is 5.75 Å². The highest BCUT2D eigenvalue weighted by molar-refractivity contribution is 5.80. The summed E-state index contributed by atoms with van der Waals surface area (Å²) in [5.41, 5.74) is 4.62. The molecule has 25 heavy (non-hydrogen) atoms. The third kappa shape index (κ3) is 3.29. The number of benzene rings is 2. The number of nitrogens with zero attached hydrogens (tertiary/aromatic N) is 3. The van der Waals surface area contributed by atoms with Crippen molar-refractivity contribution in [2.45, 2.75) is 0 Å². The van der Waals surface area contributed by atoms with E-state index in [0.29, 0.717) is 5.75 Å². The zero-order valence-corrected chi connectivity index (χ0v) is 14.0. The van der Waals surface area contributed by atoms with E-state index in [1.54, 1.807) is 6.07 Å². The number of rotatable bonds is 3. The Kier molecular flexibility index (Phi) is 4.25. The van der Waals surface area contributed by atoms with Crippen LogP contribution in [0.2, 0.25) is 0 Å². The summed E-state index contributed by atoms with van der Waals surface area (Å²) in [6.07, 6.45) is 3.68. The molecule has 0 aliphatic carbocycles. The zero-order valence-electron chi connectivity index (χ0n) is 14.0. The van der Waals surface area contributed by atoms with Gasteiger partial charge >= 0.3 is 0 Å². The van der Waals surface area contributed by atoms with E-state index in [4.69, 9.17) is 0 Å². The van der Waals surface area contributed by atoms with Gasteiger partial charge in [-0.05, 0) is 35.9 Å². The predicted octanol–water partition coefficient (Wildman–Crippen LogP) is 3.78. The quantitative estimate of drug-likeness (QED) is 0.793. The number of piperazine rings is 1. The average molecular weight is 331 g/mol. The fourth-order valence-corrected chi connectivity index (χ4v) is 3.41. The lowest BCUT2D eigenvalue weighted by Crippen LogP contribution is -2.46. The molecule has 0 amide bonds. The monoisotopic (exact) mass is 331 g/mol. The van der Waals surface area contributed by atoms with Crippen LogP contribution in [0.15, 0.2) is 73.1 Å². The summed E-state index contributed by atoms with van der Waals surface area (Å²) in [5.74, 6) is 0.304. The van der Waals surface area contributed by atoms with Gasteiger partial charge in [-0.2, -0.15) is 0 Å². The summed E-state index contributed by atoms with van der Waals surface area (Å²) in [4.78, 5) is 8.89. The topological polar surface area (TPSA) is 39.6 Å². The Bertz CT molecular complexity index is 828. The molecule has 0 unspecified atom stereocenters. The largest absolute Gasteiger partial charge is 0.508 e. The molecule has 0 spiro atoms. The van der Waals surface area contributed by atoms with Crippen LogP contribution in [0.3, 0.4) is 0 Å². The van der Waals surface area contributed by atoms with E-state index in [1.807, 2.05) is 42.7 Å². The molecule has 1 N–H and O–H groups in total. The molecule has 3 aromatic rings. The van der Waals surface area contributed by atoms with Crippen LogP contribution in [0.1, 0.15) is 0 Å². The Balaban J connectivity index is 1.57. The number of phenols is 1. The highest BCUT2D eigenvalue weighted by Gasteiger charge is 2.20. The van der Waals surface area contributed by atoms with Crippen molar-refractivity contribution in [2.75, 3.05) is 36.0 Å². The summed E-state index contributed by atoms with van der Waals surface area (Å²) >= 11 is 0. The average Bonchev–Trinajstić information content (AvgIpc) is 2.69. The number of hydrogen-bond acceptors (Lipinski definition) is 4. The number of anilines is 2. The van der Waals surface area contributed by atoms with Crippen molar-refractivity contribution >= 4 is 11.4 Å². The fraction of sp³-hybridized carbons (Fsp3) is 0.190. The van der Waals surface area contributed by atoms with Crippen LogP contribution in [0.5, 0.6) is 5.75 Å². The molecule has 0 radical (unpaired) electrons. The van der Waals surface area contributed by atoms with Crippen molar-refractivity contribution in [1.29, 1.82) is 0 Å². The van der Waals surface area contributed by atoms with Crippen molar-refractivity contribution in [3.8, 4) is 16.9 Å². The smallest absolute Gasteiger partial charge is 0.116 e. The van der Waals surface area contributed by atoms with Crippen molar-refractivity contribution in [1.82, 2.24) is 4.98 Å². The number of aromatic nitrogens is 1. The maximum absolute atomic E-state index is 9.96. The molecule has 1 aromatic heterocycles. The third-order valence-corrected chi connectivity index (χ3v) is 4.71. The highest BCUT2D eigenvalue weighted by atomic mass is 16.3. The van der Waals surface area contributed by atoms with Gasteiger partial charge in [0, 0.05) is 55.5 Å². The first-order valence-electron chi connectivity index (χ1n) is 8.59. The number of pyridine rings is 1. The molecule has 0 saturated carbocycles. The van der Waals surface area contributed by atoms with E-state index in [2.05, 4.69) is 39.0 Å². The fourth-order valence-electron chi connectivity index (χ4n) is 3.41. The third-order valence-electron chi connectivity index (χ3n) is 4.71. The minimum absolute atomic E-state index is 0.304. The Labute approximate surface area is 148 Å². The highest BCUT2D eigenvalue weighted by Crippen LogP contribution is 2.34. The number of hydrogen-bond donors (Lipinski definition) is 1. The first-order chi connectivity index (χ1) is 12.3. The van der Waals surface area contributed by atoms with Crippen LogP contribution < -0.4 is 9.80 Å². The second-order valence-electron chi connectivity index (χ2n) is 6.25. The Morgan fingerprint density at radius 1 is 0.760 bits per heavy atom. The van der Waals surface area contributed by atoms with Gasteiger partial charge in [-0.25, -0.2) is 0 Å². The first-order valence-corrected chi connectivity index (χ1v) is 8.59. The lowest BCUT2D eigenvalue weighted by molar-refractivity contribution is 0.475. The van der Waals surface area contributed by atoms with Gasteiger partial charge in [-0.15, -0.1) is 0 Å². The molecule has 4 heteroatoms.